The molecule has 0 aromatic carbocycles. The summed E-state index contributed by atoms with van der Waals surface area (Å²) in [5.41, 5.74) is 0.860. The SMILES string of the molecule is O=C1CCOC2CC=CC=C12. The average Bonchev–Trinajstić information content (AvgIpc) is 2.06. The van der Waals surface area contributed by atoms with Crippen LogP contribution in [0.1, 0.15) is 12.8 Å². The first-order chi connectivity index (χ1) is 5.38. The van der Waals surface area contributed by atoms with Crippen molar-refractivity contribution in [1.82, 2.24) is 0 Å². The van der Waals surface area contributed by atoms with Crippen LogP contribution in [0.5, 0.6) is 0 Å². The molecule has 0 saturated carbocycles. The molecule has 2 aliphatic rings. The number of hydrogen-bond donors (Lipinski definition) is 0. The van der Waals surface area contributed by atoms with E-state index >= 15 is 0 Å². The Morgan fingerprint density at radius 2 is 2.45 bits per heavy atom. The van der Waals surface area contributed by atoms with E-state index < -0.39 is 0 Å². The van der Waals surface area contributed by atoms with Gasteiger partial charge in [0.1, 0.15) is 0 Å². The number of carbonyl (C=O) groups is 1. The molecule has 1 fully saturated rings. The molecule has 0 amide bonds. The van der Waals surface area contributed by atoms with E-state index in [0.717, 1.165) is 12.0 Å². The van der Waals surface area contributed by atoms with Gasteiger partial charge in [-0.15, -0.1) is 0 Å². The molecule has 2 nitrogen and oxygen atoms in total. The lowest BCUT2D eigenvalue weighted by Crippen LogP contribution is -2.29. The predicted molar refractivity (Wildman–Crippen MR) is 41.2 cm³/mol. The lowest BCUT2D eigenvalue weighted by atomic mass is 9.94. The van der Waals surface area contributed by atoms with Gasteiger partial charge in [0.2, 0.25) is 0 Å². The molecule has 0 N–H and O–H groups in total. The van der Waals surface area contributed by atoms with E-state index in [9.17, 15) is 4.79 Å². The fourth-order valence-electron chi connectivity index (χ4n) is 1.48. The van der Waals surface area contributed by atoms with Gasteiger partial charge < -0.3 is 4.74 Å². The van der Waals surface area contributed by atoms with Crippen LogP contribution >= 0.6 is 0 Å². The highest BCUT2D eigenvalue weighted by atomic mass is 16.5. The summed E-state index contributed by atoms with van der Waals surface area (Å²) in [7, 11) is 0. The zero-order chi connectivity index (χ0) is 7.68. The van der Waals surface area contributed by atoms with Crippen LogP contribution in [0, 0.1) is 0 Å². The number of carbonyl (C=O) groups excluding carboxylic acids is 1. The number of fused-ring (bicyclic) bond motifs is 1. The molecule has 1 aliphatic heterocycles. The van der Waals surface area contributed by atoms with Crippen molar-refractivity contribution in [3.63, 3.8) is 0 Å². The smallest absolute Gasteiger partial charge is 0.163 e. The molecule has 0 radical (unpaired) electrons. The summed E-state index contributed by atoms with van der Waals surface area (Å²) in [4.78, 5) is 11.2. The van der Waals surface area contributed by atoms with Crippen LogP contribution in [0.4, 0.5) is 0 Å². The molecule has 11 heavy (non-hydrogen) atoms. The minimum absolute atomic E-state index is 0.0567. The first-order valence-electron chi connectivity index (χ1n) is 3.89. The summed E-state index contributed by atoms with van der Waals surface area (Å²) in [6.45, 7) is 0.592. The Labute approximate surface area is 65.5 Å². The maximum Gasteiger partial charge on any atom is 0.163 e. The Hall–Kier alpha value is -0.890. The molecule has 0 aromatic rings. The summed E-state index contributed by atoms with van der Waals surface area (Å²) in [5, 5.41) is 0. The monoisotopic (exact) mass is 150 g/mol. The van der Waals surface area contributed by atoms with Crippen molar-refractivity contribution >= 4 is 5.78 Å². The summed E-state index contributed by atoms with van der Waals surface area (Å²) in [5.74, 6) is 0.255. The Morgan fingerprint density at radius 1 is 1.55 bits per heavy atom. The summed E-state index contributed by atoms with van der Waals surface area (Å²) < 4.78 is 5.41. The topological polar surface area (TPSA) is 26.3 Å². The molecule has 1 aliphatic carbocycles. The number of rotatable bonds is 0. The fraction of sp³-hybridized carbons (Fsp3) is 0.444. The minimum Gasteiger partial charge on any atom is -0.373 e. The molecule has 2 heteroatoms. The van der Waals surface area contributed by atoms with E-state index in [-0.39, 0.29) is 11.9 Å². The average molecular weight is 150 g/mol. The van der Waals surface area contributed by atoms with E-state index in [1.165, 1.54) is 0 Å². The summed E-state index contributed by atoms with van der Waals surface area (Å²) in [6, 6.07) is 0. The standard InChI is InChI=1S/C9H10O2/c10-8-5-6-11-9-4-2-1-3-7(8)9/h1-3,9H,4-6H2. The van der Waals surface area contributed by atoms with Crippen LogP contribution in [0.15, 0.2) is 23.8 Å². The van der Waals surface area contributed by atoms with Gasteiger partial charge >= 0.3 is 0 Å². The van der Waals surface area contributed by atoms with Crippen molar-refractivity contribution in [2.24, 2.45) is 0 Å². The molecule has 1 atom stereocenters. The van der Waals surface area contributed by atoms with Gasteiger partial charge in [0.15, 0.2) is 5.78 Å². The lowest BCUT2D eigenvalue weighted by Gasteiger charge is -2.25. The molecule has 0 spiro atoms. The second-order valence-electron chi connectivity index (χ2n) is 2.82. The highest BCUT2D eigenvalue weighted by molar-refractivity contribution is 5.97. The summed E-state index contributed by atoms with van der Waals surface area (Å²) in [6.07, 6.45) is 7.30. The zero-order valence-electron chi connectivity index (χ0n) is 6.25. The predicted octanol–water partition coefficient (Wildman–Crippen LogP) is 1.23. The largest absolute Gasteiger partial charge is 0.373 e. The van der Waals surface area contributed by atoms with Gasteiger partial charge in [-0.2, -0.15) is 0 Å². The van der Waals surface area contributed by atoms with Gasteiger partial charge in [-0.1, -0.05) is 18.2 Å². The third-order valence-electron chi connectivity index (χ3n) is 2.08. The van der Waals surface area contributed by atoms with Crippen molar-refractivity contribution in [2.45, 2.75) is 18.9 Å². The lowest BCUT2D eigenvalue weighted by molar-refractivity contribution is -0.121. The molecule has 58 valence electrons. The second-order valence-corrected chi connectivity index (χ2v) is 2.82. The van der Waals surface area contributed by atoms with Crippen molar-refractivity contribution in [2.75, 3.05) is 6.61 Å². The third kappa shape index (κ3) is 1.14. The highest BCUT2D eigenvalue weighted by Crippen LogP contribution is 2.22. The maximum atomic E-state index is 11.2. The molecule has 2 rings (SSSR count). The normalized spacial score (nSPS) is 29.6. The Morgan fingerprint density at radius 3 is 3.27 bits per heavy atom. The Balaban J connectivity index is 2.27. The fourth-order valence-corrected chi connectivity index (χ4v) is 1.48. The van der Waals surface area contributed by atoms with E-state index in [1.54, 1.807) is 0 Å². The first kappa shape index (κ1) is 6.80. The number of ketones is 1. The van der Waals surface area contributed by atoms with Crippen molar-refractivity contribution in [3.05, 3.63) is 23.8 Å². The molecule has 1 unspecified atom stereocenters. The minimum atomic E-state index is 0.0567. The van der Waals surface area contributed by atoms with Crippen LogP contribution in [0.25, 0.3) is 0 Å². The van der Waals surface area contributed by atoms with E-state index in [2.05, 4.69) is 0 Å². The zero-order valence-corrected chi connectivity index (χ0v) is 6.25. The van der Waals surface area contributed by atoms with E-state index in [4.69, 9.17) is 4.74 Å². The van der Waals surface area contributed by atoms with Gasteiger partial charge in [0, 0.05) is 12.0 Å². The van der Waals surface area contributed by atoms with Gasteiger partial charge in [-0.25, -0.2) is 0 Å². The first-order valence-corrected chi connectivity index (χ1v) is 3.89. The number of Topliss-reactive ketones (excluding diaryl/α,β-unsaturated/α-hetero) is 1. The van der Waals surface area contributed by atoms with Crippen LogP contribution in [0.2, 0.25) is 0 Å². The quantitative estimate of drug-likeness (QED) is 0.519. The molecule has 1 heterocycles. The number of allylic oxidation sites excluding steroid dienone is 2. The Bertz CT molecular complexity index is 238. The third-order valence-corrected chi connectivity index (χ3v) is 2.08. The van der Waals surface area contributed by atoms with Crippen LogP contribution in [-0.4, -0.2) is 18.5 Å². The van der Waals surface area contributed by atoms with E-state index in [1.807, 2.05) is 18.2 Å². The van der Waals surface area contributed by atoms with Gasteiger partial charge in [-0.3, -0.25) is 4.79 Å². The molecule has 1 saturated heterocycles. The Kier molecular flexibility index (Phi) is 1.62. The summed E-state index contributed by atoms with van der Waals surface area (Å²) >= 11 is 0. The van der Waals surface area contributed by atoms with Crippen molar-refractivity contribution in [1.29, 1.82) is 0 Å². The maximum absolute atomic E-state index is 11.2. The highest BCUT2D eigenvalue weighted by Gasteiger charge is 2.25. The molecule has 0 aromatic heterocycles. The number of ether oxygens (including phenoxy) is 1. The van der Waals surface area contributed by atoms with Crippen molar-refractivity contribution < 1.29 is 9.53 Å². The molecular weight excluding hydrogens is 140 g/mol. The van der Waals surface area contributed by atoms with Gasteiger partial charge in [0.25, 0.3) is 0 Å². The molecular formula is C9H10O2. The van der Waals surface area contributed by atoms with Crippen molar-refractivity contribution in [3.8, 4) is 0 Å². The van der Waals surface area contributed by atoms with Gasteiger partial charge in [-0.05, 0) is 6.42 Å². The van der Waals surface area contributed by atoms with Crippen LogP contribution in [0.3, 0.4) is 0 Å². The van der Waals surface area contributed by atoms with Gasteiger partial charge in [0.05, 0.1) is 12.7 Å². The van der Waals surface area contributed by atoms with Crippen LogP contribution in [-0.2, 0) is 9.53 Å². The second kappa shape index (κ2) is 2.62. The number of hydrogen-bond acceptors (Lipinski definition) is 2. The van der Waals surface area contributed by atoms with Crippen LogP contribution < -0.4 is 0 Å². The van der Waals surface area contributed by atoms with E-state index in [0.29, 0.717) is 13.0 Å². The molecule has 0 bridgehead atoms.